The zero-order valence-corrected chi connectivity index (χ0v) is 40.4. The van der Waals surface area contributed by atoms with Gasteiger partial charge in [0.1, 0.15) is 13.2 Å². The number of hydrogen-bond acceptors (Lipinski definition) is 6. The average Bonchev–Trinajstić information content (AvgIpc) is 3.30. The van der Waals surface area contributed by atoms with Crippen LogP contribution in [0.15, 0.2) is 182 Å². The number of esters is 3. The first-order chi connectivity index (χ1) is 32.0. The number of unbranched alkanes of at least 4 members (excludes halogenated alkanes) is 11. The van der Waals surface area contributed by atoms with E-state index >= 15 is 0 Å². The average molecular weight is 889 g/mol. The monoisotopic (exact) mass is 889 g/mol. The summed E-state index contributed by atoms with van der Waals surface area (Å²) in [6, 6.07) is 0. The van der Waals surface area contributed by atoms with E-state index in [0.29, 0.717) is 19.3 Å². The summed E-state index contributed by atoms with van der Waals surface area (Å²) in [5, 5.41) is 0. The summed E-state index contributed by atoms with van der Waals surface area (Å²) in [5.41, 5.74) is 0. The molecule has 0 aromatic rings. The highest BCUT2D eigenvalue weighted by Gasteiger charge is 2.19. The van der Waals surface area contributed by atoms with Crippen LogP contribution in [0.1, 0.15) is 149 Å². The van der Waals surface area contributed by atoms with Crippen molar-refractivity contribution in [2.75, 3.05) is 13.2 Å². The third kappa shape index (κ3) is 49.4. The van der Waals surface area contributed by atoms with Gasteiger partial charge in [-0.25, -0.2) is 0 Å². The zero-order valence-electron chi connectivity index (χ0n) is 40.4. The molecule has 356 valence electrons. The van der Waals surface area contributed by atoms with Crippen LogP contribution < -0.4 is 0 Å². The number of hydrogen-bond donors (Lipinski definition) is 0. The largest absolute Gasteiger partial charge is 0.462 e. The van der Waals surface area contributed by atoms with E-state index in [0.717, 1.165) is 83.5 Å². The predicted octanol–water partition coefficient (Wildman–Crippen LogP) is 16.2. The van der Waals surface area contributed by atoms with Crippen LogP contribution >= 0.6 is 0 Å². The van der Waals surface area contributed by atoms with Crippen LogP contribution in [0.25, 0.3) is 0 Å². The number of rotatable bonds is 40. The Bertz CT molecular complexity index is 1630. The second-order valence-electron chi connectivity index (χ2n) is 15.3. The Hall–Kier alpha value is -5.49. The highest BCUT2D eigenvalue weighted by molar-refractivity contribution is 5.71. The van der Waals surface area contributed by atoms with E-state index in [1.165, 1.54) is 12.8 Å². The number of ether oxygens (including phenoxy) is 3. The van der Waals surface area contributed by atoms with Gasteiger partial charge in [0.15, 0.2) is 6.10 Å². The van der Waals surface area contributed by atoms with Crippen molar-refractivity contribution in [2.24, 2.45) is 0 Å². The SMILES string of the molecule is CC\C=C/C=C\C=C/C=C\C=C\C=C/C=C\CCCCCC(=O)OCC(COC(=O)CCCCC/C=C\C=C/CCCC)OC(=O)CCCCC\C=C/C=C/C=C\C=C/C=C\C=C/CC. The van der Waals surface area contributed by atoms with E-state index in [1.54, 1.807) is 0 Å². The molecule has 1 unspecified atom stereocenters. The van der Waals surface area contributed by atoms with Crippen LogP contribution in [0, 0.1) is 0 Å². The van der Waals surface area contributed by atoms with Gasteiger partial charge >= 0.3 is 17.9 Å². The summed E-state index contributed by atoms with van der Waals surface area (Å²) in [6.45, 7) is 6.14. The summed E-state index contributed by atoms with van der Waals surface area (Å²) >= 11 is 0. The topological polar surface area (TPSA) is 78.9 Å². The molecule has 0 amide bonds. The zero-order chi connectivity index (χ0) is 47.2. The number of carbonyl (C=O) groups is 3. The van der Waals surface area contributed by atoms with Crippen molar-refractivity contribution in [2.45, 2.75) is 155 Å². The first kappa shape index (κ1) is 59.5. The fraction of sp³-hybridized carbons (Fsp3) is 0.441. The highest BCUT2D eigenvalue weighted by atomic mass is 16.6. The number of allylic oxidation sites excluding steroid dienone is 30. The van der Waals surface area contributed by atoms with Gasteiger partial charge in [0.2, 0.25) is 0 Å². The molecule has 0 heterocycles. The minimum atomic E-state index is -0.842. The van der Waals surface area contributed by atoms with Crippen LogP contribution in [-0.2, 0) is 28.6 Å². The maximum atomic E-state index is 12.8. The molecule has 6 heteroatoms. The van der Waals surface area contributed by atoms with Crippen LogP contribution in [0.4, 0.5) is 0 Å². The summed E-state index contributed by atoms with van der Waals surface area (Å²) in [7, 11) is 0. The first-order valence-corrected chi connectivity index (χ1v) is 24.5. The Kier molecular flexibility index (Phi) is 46.8. The maximum absolute atomic E-state index is 12.8. The minimum Gasteiger partial charge on any atom is -0.462 e. The standard InChI is InChI=1S/C59H84O6/c1-4-7-10-13-16-19-22-24-26-28-29-31-32-34-37-40-43-46-49-52-58(61)64-55-56(54-63-57(60)51-48-45-42-39-36-21-18-15-12-9-6-3)65-59(62)53-50-47-44-41-38-35-33-30-27-25-23-20-17-14-11-8-5-2/h7-8,10-11,13-38,56H,4-6,9,12,39-55H2,1-3H3/b10-7-,11-8-,16-13-,17-14-,18-15-,22-19-,23-20-,26-24-,27-25-,29-28+,32-31-,33-30+,36-21-,37-34-,38-35-. The van der Waals surface area contributed by atoms with Gasteiger partial charge in [-0.05, 0) is 77.0 Å². The summed E-state index contributed by atoms with van der Waals surface area (Å²) < 4.78 is 16.7. The van der Waals surface area contributed by atoms with Crippen LogP contribution in [0.5, 0.6) is 0 Å². The summed E-state index contributed by atoms with van der Waals surface area (Å²) in [6.07, 6.45) is 77.2. The lowest BCUT2D eigenvalue weighted by Crippen LogP contribution is -2.30. The van der Waals surface area contributed by atoms with Crippen LogP contribution in [0.3, 0.4) is 0 Å². The van der Waals surface area contributed by atoms with Gasteiger partial charge in [0.25, 0.3) is 0 Å². The van der Waals surface area contributed by atoms with Gasteiger partial charge in [-0.2, -0.15) is 0 Å². The molecule has 0 aromatic carbocycles. The van der Waals surface area contributed by atoms with Crippen molar-refractivity contribution in [3.63, 3.8) is 0 Å². The van der Waals surface area contributed by atoms with Crippen molar-refractivity contribution in [1.82, 2.24) is 0 Å². The molecule has 0 aliphatic carbocycles. The predicted molar refractivity (Wildman–Crippen MR) is 278 cm³/mol. The smallest absolute Gasteiger partial charge is 0.306 e. The lowest BCUT2D eigenvalue weighted by molar-refractivity contribution is -0.167. The molecule has 0 saturated carbocycles. The fourth-order valence-corrected chi connectivity index (χ4v) is 5.61. The van der Waals surface area contributed by atoms with Crippen molar-refractivity contribution >= 4 is 17.9 Å². The van der Waals surface area contributed by atoms with Crippen molar-refractivity contribution in [3.05, 3.63) is 182 Å². The van der Waals surface area contributed by atoms with Crippen molar-refractivity contribution < 1.29 is 28.6 Å². The molecule has 0 aliphatic rings. The first-order valence-electron chi connectivity index (χ1n) is 24.5. The van der Waals surface area contributed by atoms with Gasteiger partial charge in [-0.1, -0.05) is 235 Å². The highest BCUT2D eigenvalue weighted by Crippen LogP contribution is 2.11. The third-order valence-corrected chi connectivity index (χ3v) is 9.26. The van der Waals surface area contributed by atoms with E-state index in [-0.39, 0.29) is 44.0 Å². The molecule has 65 heavy (non-hydrogen) atoms. The van der Waals surface area contributed by atoms with E-state index in [9.17, 15) is 14.4 Å². The minimum absolute atomic E-state index is 0.137. The fourth-order valence-electron chi connectivity index (χ4n) is 5.61. The molecule has 6 nitrogen and oxygen atoms in total. The maximum Gasteiger partial charge on any atom is 0.306 e. The molecule has 0 aromatic heterocycles. The van der Waals surface area contributed by atoms with Crippen LogP contribution in [-0.4, -0.2) is 37.2 Å². The number of carbonyl (C=O) groups excluding carboxylic acids is 3. The van der Waals surface area contributed by atoms with Gasteiger partial charge in [0.05, 0.1) is 0 Å². The molecule has 0 N–H and O–H groups in total. The van der Waals surface area contributed by atoms with Crippen molar-refractivity contribution in [3.8, 4) is 0 Å². The normalized spacial score (nSPS) is 13.7. The molecule has 0 aliphatic heterocycles. The molecule has 0 rings (SSSR count). The van der Waals surface area contributed by atoms with Crippen molar-refractivity contribution in [1.29, 1.82) is 0 Å². The Morgan fingerprint density at radius 2 is 0.600 bits per heavy atom. The quantitative estimate of drug-likeness (QED) is 0.0264. The second-order valence-corrected chi connectivity index (χ2v) is 15.3. The van der Waals surface area contributed by atoms with E-state index < -0.39 is 6.10 Å². The summed E-state index contributed by atoms with van der Waals surface area (Å²) in [4.78, 5) is 37.9. The third-order valence-electron chi connectivity index (χ3n) is 9.26. The van der Waals surface area contributed by atoms with Gasteiger partial charge < -0.3 is 14.2 Å². The van der Waals surface area contributed by atoms with Gasteiger partial charge in [-0.15, -0.1) is 0 Å². The molecular formula is C59H84O6. The summed E-state index contributed by atoms with van der Waals surface area (Å²) in [5.74, 6) is -1.07. The molecule has 0 saturated heterocycles. The van der Waals surface area contributed by atoms with E-state index in [4.69, 9.17) is 14.2 Å². The van der Waals surface area contributed by atoms with Crippen LogP contribution in [0.2, 0.25) is 0 Å². The second kappa shape index (κ2) is 51.1. The van der Waals surface area contributed by atoms with E-state index in [2.05, 4.69) is 69.4 Å². The molecule has 0 fully saturated rings. The van der Waals surface area contributed by atoms with Gasteiger partial charge in [0, 0.05) is 19.3 Å². The molecule has 0 radical (unpaired) electrons. The molecule has 0 bridgehead atoms. The Labute approximate surface area is 395 Å². The lowest BCUT2D eigenvalue weighted by atomic mass is 10.1. The molecule has 1 atom stereocenters. The van der Waals surface area contributed by atoms with E-state index in [1.807, 2.05) is 134 Å². The van der Waals surface area contributed by atoms with Gasteiger partial charge in [-0.3, -0.25) is 14.4 Å². The molecule has 0 spiro atoms. The Morgan fingerprint density at radius 1 is 0.323 bits per heavy atom. The molecular weight excluding hydrogens is 805 g/mol. The Morgan fingerprint density at radius 3 is 0.923 bits per heavy atom. The Balaban J connectivity index is 4.66. The lowest BCUT2D eigenvalue weighted by Gasteiger charge is -2.18.